The quantitative estimate of drug-likeness (QED) is 0.569. The highest BCUT2D eigenvalue weighted by Crippen LogP contribution is 2.16. The fourth-order valence-electron chi connectivity index (χ4n) is 1.93. The average molecular weight is 285 g/mol. The molecule has 0 aromatic rings. The Balaban J connectivity index is 4.67. The van der Waals surface area contributed by atoms with Gasteiger partial charge in [-0.2, -0.15) is 0 Å². The van der Waals surface area contributed by atoms with E-state index in [4.69, 9.17) is 5.73 Å². The molecule has 6 nitrogen and oxygen atoms in total. The van der Waals surface area contributed by atoms with Gasteiger partial charge in [0.2, 0.25) is 11.8 Å². The Morgan fingerprint density at radius 1 is 1.20 bits per heavy atom. The number of rotatable bonds is 9. The van der Waals surface area contributed by atoms with Gasteiger partial charge < -0.3 is 21.2 Å². The van der Waals surface area contributed by atoms with E-state index >= 15 is 0 Å². The maximum absolute atomic E-state index is 12.3. The Hall–Kier alpha value is -1.43. The van der Waals surface area contributed by atoms with Crippen LogP contribution in [0.25, 0.3) is 0 Å². The van der Waals surface area contributed by atoms with Crippen LogP contribution in [0.4, 0.5) is 0 Å². The minimum atomic E-state index is -0.969. The van der Waals surface area contributed by atoms with E-state index in [1.807, 2.05) is 0 Å². The van der Waals surface area contributed by atoms with E-state index in [1.54, 1.807) is 13.8 Å². The summed E-state index contributed by atoms with van der Waals surface area (Å²) in [5, 5.41) is 5.25. The first-order valence-electron chi connectivity index (χ1n) is 6.98. The lowest BCUT2D eigenvalue weighted by molar-refractivity contribution is -0.134. The molecule has 0 fully saturated rings. The first-order chi connectivity index (χ1) is 9.24. The van der Waals surface area contributed by atoms with E-state index < -0.39 is 5.54 Å². The third-order valence-electron chi connectivity index (χ3n) is 3.20. The summed E-state index contributed by atoms with van der Waals surface area (Å²) in [7, 11) is 1.53. The summed E-state index contributed by atoms with van der Waals surface area (Å²) in [6, 6.07) is 0. The van der Waals surface area contributed by atoms with Gasteiger partial charge in [0.05, 0.1) is 0 Å². The van der Waals surface area contributed by atoms with Crippen molar-refractivity contribution in [2.24, 2.45) is 11.7 Å². The van der Waals surface area contributed by atoms with Crippen LogP contribution in [0.15, 0.2) is 0 Å². The van der Waals surface area contributed by atoms with Gasteiger partial charge in [0.25, 0.3) is 0 Å². The summed E-state index contributed by atoms with van der Waals surface area (Å²) in [4.78, 5) is 35.0. The predicted molar refractivity (Wildman–Crippen MR) is 78.0 cm³/mol. The van der Waals surface area contributed by atoms with Gasteiger partial charge in [0.15, 0.2) is 0 Å². The van der Waals surface area contributed by atoms with Crippen molar-refractivity contribution in [1.29, 1.82) is 0 Å². The van der Waals surface area contributed by atoms with Crippen LogP contribution < -0.4 is 16.4 Å². The molecule has 0 spiro atoms. The highest BCUT2D eigenvalue weighted by Gasteiger charge is 2.31. The molecule has 2 amide bonds. The van der Waals surface area contributed by atoms with Crippen LogP contribution in [0.2, 0.25) is 0 Å². The minimum Gasteiger partial charge on any atom is -0.357 e. The Labute approximate surface area is 120 Å². The standard InChI is InChI=1S/C14H27N3O3/c1-10(18)7-8-11(6-5-9-15)12(19)17-14(2,3)13(20)16-4/h11H,5-9,15H2,1-4H3,(H,16,20)(H,17,19)/t11-/m0/s1. The van der Waals surface area contributed by atoms with Crippen molar-refractivity contribution in [2.45, 2.75) is 52.0 Å². The summed E-state index contributed by atoms with van der Waals surface area (Å²) in [6.07, 6.45) is 2.20. The molecule has 6 heteroatoms. The zero-order chi connectivity index (χ0) is 15.8. The van der Waals surface area contributed by atoms with Gasteiger partial charge in [-0.25, -0.2) is 0 Å². The molecule has 0 aliphatic heterocycles. The molecule has 0 radical (unpaired) electrons. The number of nitrogens with one attached hydrogen (secondary N) is 2. The average Bonchev–Trinajstić information content (AvgIpc) is 2.36. The number of Topliss-reactive ketones (excluding diaryl/α,β-unsaturated/α-hetero) is 1. The molecule has 0 aromatic heterocycles. The zero-order valence-corrected chi connectivity index (χ0v) is 12.9. The monoisotopic (exact) mass is 285 g/mol. The molecule has 0 bridgehead atoms. The largest absolute Gasteiger partial charge is 0.357 e. The maximum atomic E-state index is 12.3. The van der Waals surface area contributed by atoms with Crippen LogP contribution >= 0.6 is 0 Å². The third-order valence-corrected chi connectivity index (χ3v) is 3.20. The second-order valence-electron chi connectivity index (χ2n) is 5.56. The van der Waals surface area contributed by atoms with E-state index in [9.17, 15) is 14.4 Å². The summed E-state index contributed by atoms with van der Waals surface area (Å²) in [5.41, 5.74) is 4.50. The molecule has 1 atom stereocenters. The number of carbonyl (C=O) groups excluding carboxylic acids is 3. The lowest BCUT2D eigenvalue weighted by Crippen LogP contribution is -2.55. The molecule has 0 saturated carbocycles. The second-order valence-corrected chi connectivity index (χ2v) is 5.56. The predicted octanol–water partition coefficient (Wildman–Crippen LogP) is 0.352. The van der Waals surface area contributed by atoms with Crippen LogP contribution in [-0.2, 0) is 14.4 Å². The van der Waals surface area contributed by atoms with Crippen LogP contribution in [0.1, 0.15) is 46.5 Å². The van der Waals surface area contributed by atoms with Gasteiger partial charge in [-0.15, -0.1) is 0 Å². The van der Waals surface area contributed by atoms with Crippen molar-refractivity contribution in [1.82, 2.24) is 10.6 Å². The Morgan fingerprint density at radius 2 is 1.80 bits per heavy atom. The summed E-state index contributed by atoms with van der Waals surface area (Å²) in [6.45, 7) is 5.30. The van der Waals surface area contributed by atoms with Crippen molar-refractivity contribution in [3.63, 3.8) is 0 Å². The molecule has 4 N–H and O–H groups in total. The summed E-state index contributed by atoms with van der Waals surface area (Å²) >= 11 is 0. The van der Waals surface area contributed by atoms with Crippen molar-refractivity contribution in [2.75, 3.05) is 13.6 Å². The van der Waals surface area contributed by atoms with E-state index in [-0.39, 0.29) is 23.5 Å². The molecular formula is C14H27N3O3. The molecule has 0 rings (SSSR count). The molecular weight excluding hydrogens is 258 g/mol. The number of amides is 2. The fourth-order valence-corrected chi connectivity index (χ4v) is 1.93. The smallest absolute Gasteiger partial charge is 0.244 e. The van der Waals surface area contributed by atoms with E-state index in [0.717, 1.165) is 6.42 Å². The Kier molecular flexibility index (Phi) is 8.06. The number of carbonyl (C=O) groups is 3. The SMILES string of the molecule is CNC(=O)C(C)(C)NC(=O)[C@@H](CCCN)CCC(C)=O. The lowest BCUT2D eigenvalue weighted by Gasteiger charge is -2.27. The first kappa shape index (κ1) is 18.6. The maximum Gasteiger partial charge on any atom is 0.244 e. The minimum absolute atomic E-state index is 0.0566. The molecule has 20 heavy (non-hydrogen) atoms. The third kappa shape index (κ3) is 6.65. The second kappa shape index (κ2) is 8.68. The summed E-state index contributed by atoms with van der Waals surface area (Å²) in [5.74, 6) is -0.684. The molecule has 0 heterocycles. The van der Waals surface area contributed by atoms with E-state index in [2.05, 4.69) is 10.6 Å². The Bertz CT molecular complexity index is 354. The number of ketones is 1. The molecule has 0 aliphatic carbocycles. The van der Waals surface area contributed by atoms with Crippen LogP contribution in [-0.4, -0.2) is 36.7 Å². The number of likely N-dealkylation sites (N-methyl/N-ethyl adjacent to an activating group) is 1. The Morgan fingerprint density at radius 3 is 2.25 bits per heavy atom. The van der Waals surface area contributed by atoms with Crippen molar-refractivity contribution in [3.8, 4) is 0 Å². The van der Waals surface area contributed by atoms with Gasteiger partial charge in [-0.05, 0) is 46.6 Å². The fraction of sp³-hybridized carbons (Fsp3) is 0.786. The van der Waals surface area contributed by atoms with Crippen molar-refractivity contribution < 1.29 is 14.4 Å². The summed E-state index contributed by atoms with van der Waals surface area (Å²) < 4.78 is 0. The van der Waals surface area contributed by atoms with Gasteiger partial charge in [-0.3, -0.25) is 9.59 Å². The van der Waals surface area contributed by atoms with Gasteiger partial charge in [0.1, 0.15) is 11.3 Å². The lowest BCUT2D eigenvalue weighted by atomic mass is 9.93. The first-order valence-corrected chi connectivity index (χ1v) is 6.98. The molecule has 0 aliphatic rings. The topological polar surface area (TPSA) is 101 Å². The van der Waals surface area contributed by atoms with Crippen molar-refractivity contribution >= 4 is 17.6 Å². The zero-order valence-electron chi connectivity index (χ0n) is 12.9. The number of nitrogens with two attached hydrogens (primary N) is 1. The highest BCUT2D eigenvalue weighted by atomic mass is 16.2. The van der Waals surface area contributed by atoms with Crippen LogP contribution in [0.5, 0.6) is 0 Å². The van der Waals surface area contributed by atoms with Crippen LogP contribution in [0.3, 0.4) is 0 Å². The molecule has 116 valence electrons. The van der Waals surface area contributed by atoms with E-state index in [0.29, 0.717) is 25.8 Å². The molecule has 0 saturated heterocycles. The van der Waals surface area contributed by atoms with Crippen molar-refractivity contribution in [3.05, 3.63) is 0 Å². The number of hydrogen-bond donors (Lipinski definition) is 3. The highest BCUT2D eigenvalue weighted by molar-refractivity contribution is 5.91. The number of hydrogen-bond acceptors (Lipinski definition) is 4. The van der Waals surface area contributed by atoms with E-state index in [1.165, 1.54) is 14.0 Å². The normalized spacial score (nSPS) is 12.7. The molecule has 0 unspecified atom stereocenters. The molecule has 0 aromatic carbocycles. The van der Waals surface area contributed by atoms with Gasteiger partial charge in [-0.1, -0.05) is 0 Å². The van der Waals surface area contributed by atoms with Crippen LogP contribution in [0, 0.1) is 5.92 Å². The van der Waals surface area contributed by atoms with Gasteiger partial charge >= 0.3 is 0 Å². The van der Waals surface area contributed by atoms with Gasteiger partial charge in [0, 0.05) is 19.4 Å².